The van der Waals surface area contributed by atoms with Crippen LogP contribution in [0.3, 0.4) is 0 Å². The molecule has 0 aliphatic carbocycles. The second kappa shape index (κ2) is 6.92. The molecule has 1 aromatic heterocycles. The highest BCUT2D eigenvalue weighted by atomic mass is 16.5. The van der Waals surface area contributed by atoms with Gasteiger partial charge in [0.2, 0.25) is 0 Å². The van der Waals surface area contributed by atoms with E-state index in [0.29, 0.717) is 6.54 Å². The summed E-state index contributed by atoms with van der Waals surface area (Å²) in [7, 11) is 0. The summed E-state index contributed by atoms with van der Waals surface area (Å²) < 4.78 is 5.55. The van der Waals surface area contributed by atoms with Crippen LogP contribution < -0.4 is 10.1 Å². The minimum Gasteiger partial charge on any atom is -0.484 e. The highest BCUT2D eigenvalue weighted by Gasteiger charge is 2.06. The highest BCUT2D eigenvalue weighted by Crippen LogP contribution is 2.17. The maximum atomic E-state index is 12.0. The van der Waals surface area contributed by atoms with E-state index in [-0.39, 0.29) is 12.5 Å². The molecule has 4 nitrogen and oxygen atoms in total. The molecule has 3 aromatic rings. The molecule has 0 bridgehead atoms. The fraction of sp³-hybridized carbons (Fsp3) is 0.158. The summed E-state index contributed by atoms with van der Waals surface area (Å²) in [6.45, 7) is 2.42. The van der Waals surface area contributed by atoms with Gasteiger partial charge in [0.1, 0.15) is 5.75 Å². The minimum absolute atomic E-state index is 0.00781. The van der Waals surface area contributed by atoms with Gasteiger partial charge in [0.25, 0.3) is 5.91 Å². The van der Waals surface area contributed by atoms with Crippen LogP contribution in [0.1, 0.15) is 11.1 Å². The highest BCUT2D eigenvalue weighted by molar-refractivity contribution is 5.83. The standard InChI is InChI=1S/C19H18N2O2/c1-14-6-2-5-9-18(14)23-13-19(22)21-12-15-10-11-20-17-8-4-3-7-16(15)17/h2-11H,12-13H2,1H3,(H,21,22). The number of rotatable bonds is 5. The van der Waals surface area contributed by atoms with Gasteiger partial charge in [0.15, 0.2) is 6.61 Å². The lowest BCUT2D eigenvalue weighted by Gasteiger charge is -2.10. The van der Waals surface area contributed by atoms with Crippen LogP contribution in [0, 0.1) is 6.92 Å². The minimum atomic E-state index is -0.144. The van der Waals surface area contributed by atoms with Gasteiger partial charge in [-0.1, -0.05) is 36.4 Å². The Morgan fingerprint density at radius 3 is 2.74 bits per heavy atom. The Balaban J connectivity index is 1.59. The van der Waals surface area contributed by atoms with Crippen molar-refractivity contribution in [2.75, 3.05) is 6.61 Å². The molecule has 0 radical (unpaired) electrons. The van der Waals surface area contributed by atoms with E-state index in [2.05, 4.69) is 10.3 Å². The van der Waals surface area contributed by atoms with E-state index in [1.807, 2.05) is 61.5 Å². The molecule has 0 saturated carbocycles. The molecule has 116 valence electrons. The van der Waals surface area contributed by atoms with Gasteiger partial charge >= 0.3 is 0 Å². The van der Waals surface area contributed by atoms with Crippen LogP contribution in [-0.2, 0) is 11.3 Å². The Labute approximate surface area is 135 Å². The number of fused-ring (bicyclic) bond motifs is 1. The van der Waals surface area contributed by atoms with Crippen molar-refractivity contribution >= 4 is 16.8 Å². The molecular weight excluding hydrogens is 288 g/mol. The van der Waals surface area contributed by atoms with Crippen molar-refractivity contribution in [3.63, 3.8) is 0 Å². The smallest absolute Gasteiger partial charge is 0.258 e. The lowest BCUT2D eigenvalue weighted by atomic mass is 10.1. The van der Waals surface area contributed by atoms with Crippen molar-refractivity contribution in [2.45, 2.75) is 13.5 Å². The number of carbonyl (C=O) groups is 1. The zero-order chi connectivity index (χ0) is 16.1. The van der Waals surface area contributed by atoms with E-state index < -0.39 is 0 Å². The van der Waals surface area contributed by atoms with E-state index in [4.69, 9.17) is 4.74 Å². The molecule has 2 aromatic carbocycles. The number of hydrogen-bond acceptors (Lipinski definition) is 3. The third-order valence-corrected chi connectivity index (χ3v) is 3.67. The Morgan fingerprint density at radius 2 is 1.87 bits per heavy atom. The zero-order valence-electron chi connectivity index (χ0n) is 13.0. The number of amides is 1. The van der Waals surface area contributed by atoms with E-state index in [1.165, 1.54) is 0 Å². The largest absolute Gasteiger partial charge is 0.484 e. The van der Waals surface area contributed by atoms with Crippen LogP contribution in [0.4, 0.5) is 0 Å². The van der Waals surface area contributed by atoms with Crippen LogP contribution in [-0.4, -0.2) is 17.5 Å². The van der Waals surface area contributed by atoms with Crippen molar-refractivity contribution < 1.29 is 9.53 Å². The van der Waals surface area contributed by atoms with E-state index in [1.54, 1.807) is 6.20 Å². The predicted octanol–water partition coefficient (Wildman–Crippen LogP) is 3.24. The van der Waals surface area contributed by atoms with Crippen molar-refractivity contribution in [3.05, 3.63) is 71.9 Å². The zero-order valence-corrected chi connectivity index (χ0v) is 13.0. The topological polar surface area (TPSA) is 51.2 Å². The van der Waals surface area contributed by atoms with Gasteiger partial charge in [-0.15, -0.1) is 0 Å². The number of aryl methyl sites for hydroxylation is 1. The molecule has 0 spiro atoms. The first kappa shape index (κ1) is 15.0. The predicted molar refractivity (Wildman–Crippen MR) is 90.3 cm³/mol. The first-order chi connectivity index (χ1) is 11.2. The SMILES string of the molecule is Cc1ccccc1OCC(=O)NCc1ccnc2ccccc12. The van der Waals surface area contributed by atoms with Crippen molar-refractivity contribution in [2.24, 2.45) is 0 Å². The lowest BCUT2D eigenvalue weighted by molar-refractivity contribution is -0.123. The number of nitrogens with zero attached hydrogens (tertiary/aromatic N) is 1. The fourth-order valence-electron chi connectivity index (χ4n) is 2.42. The molecule has 0 fully saturated rings. The third kappa shape index (κ3) is 3.66. The maximum absolute atomic E-state index is 12.0. The number of aromatic nitrogens is 1. The van der Waals surface area contributed by atoms with Crippen molar-refractivity contribution in [1.82, 2.24) is 10.3 Å². The molecule has 4 heteroatoms. The van der Waals surface area contributed by atoms with Crippen LogP contribution >= 0.6 is 0 Å². The summed E-state index contributed by atoms with van der Waals surface area (Å²) in [5.41, 5.74) is 2.98. The number of carbonyl (C=O) groups excluding carboxylic acids is 1. The van der Waals surface area contributed by atoms with Gasteiger partial charge in [-0.05, 0) is 36.2 Å². The van der Waals surface area contributed by atoms with Crippen LogP contribution in [0.25, 0.3) is 10.9 Å². The van der Waals surface area contributed by atoms with E-state index in [9.17, 15) is 4.79 Å². The van der Waals surface area contributed by atoms with Gasteiger partial charge in [-0.2, -0.15) is 0 Å². The van der Waals surface area contributed by atoms with Crippen molar-refractivity contribution in [1.29, 1.82) is 0 Å². The summed E-state index contributed by atoms with van der Waals surface area (Å²) >= 11 is 0. The van der Waals surface area contributed by atoms with Gasteiger partial charge in [-0.25, -0.2) is 0 Å². The number of nitrogens with one attached hydrogen (secondary N) is 1. The Kier molecular flexibility index (Phi) is 4.52. The third-order valence-electron chi connectivity index (χ3n) is 3.67. The molecule has 1 amide bonds. The maximum Gasteiger partial charge on any atom is 0.258 e. The van der Waals surface area contributed by atoms with Gasteiger partial charge in [-0.3, -0.25) is 9.78 Å². The first-order valence-corrected chi connectivity index (χ1v) is 7.52. The second-order valence-electron chi connectivity index (χ2n) is 5.32. The summed E-state index contributed by atoms with van der Waals surface area (Å²) in [5.74, 6) is 0.589. The average Bonchev–Trinajstić information content (AvgIpc) is 2.59. The van der Waals surface area contributed by atoms with Crippen molar-refractivity contribution in [3.8, 4) is 5.75 Å². The monoisotopic (exact) mass is 306 g/mol. The average molecular weight is 306 g/mol. The first-order valence-electron chi connectivity index (χ1n) is 7.52. The lowest BCUT2D eigenvalue weighted by Crippen LogP contribution is -2.28. The fourth-order valence-corrected chi connectivity index (χ4v) is 2.42. The molecule has 0 saturated heterocycles. The number of hydrogen-bond donors (Lipinski definition) is 1. The normalized spacial score (nSPS) is 10.5. The molecule has 3 rings (SSSR count). The number of ether oxygens (including phenoxy) is 1. The van der Waals surface area contributed by atoms with Gasteiger partial charge in [0, 0.05) is 18.1 Å². The van der Waals surface area contributed by atoms with Crippen LogP contribution in [0.15, 0.2) is 60.8 Å². The number of benzene rings is 2. The van der Waals surface area contributed by atoms with Gasteiger partial charge in [0.05, 0.1) is 5.52 Å². The molecule has 23 heavy (non-hydrogen) atoms. The molecule has 0 aliphatic heterocycles. The Morgan fingerprint density at radius 1 is 1.09 bits per heavy atom. The molecular formula is C19H18N2O2. The Hall–Kier alpha value is -2.88. The van der Waals surface area contributed by atoms with E-state index in [0.717, 1.165) is 27.8 Å². The molecule has 1 heterocycles. The summed E-state index contributed by atoms with van der Waals surface area (Å²) in [5, 5.41) is 3.94. The Bertz CT molecular complexity index is 825. The molecule has 0 aliphatic rings. The quantitative estimate of drug-likeness (QED) is 0.787. The summed E-state index contributed by atoms with van der Waals surface area (Å²) in [6.07, 6.45) is 1.76. The summed E-state index contributed by atoms with van der Waals surface area (Å²) in [6, 6.07) is 17.5. The number of pyridine rings is 1. The second-order valence-corrected chi connectivity index (χ2v) is 5.32. The molecule has 0 atom stereocenters. The molecule has 0 unspecified atom stereocenters. The van der Waals surface area contributed by atoms with Crippen LogP contribution in [0.2, 0.25) is 0 Å². The van der Waals surface area contributed by atoms with Gasteiger partial charge < -0.3 is 10.1 Å². The van der Waals surface area contributed by atoms with E-state index >= 15 is 0 Å². The summed E-state index contributed by atoms with van der Waals surface area (Å²) in [4.78, 5) is 16.3. The number of para-hydroxylation sites is 2. The molecule has 1 N–H and O–H groups in total. The van der Waals surface area contributed by atoms with Crippen LogP contribution in [0.5, 0.6) is 5.75 Å².